The number of hydrogen-bond acceptors (Lipinski definition) is 5. The number of amides is 1. The number of rotatable bonds is 6. The van der Waals surface area contributed by atoms with Crippen LogP contribution in [-0.4, -0.2) is 42.4 Å². The summed E-state index contributed by atoms with van der Waals surface area (Å²) in [5, 5.41) is 17.5. The molecule has 7 nitrogen and oxygen atoms in total. The summed E-state index contributed by atoms with van der Waals surface area (Å²) in [4.78, 5) is 24.8. The second kappa shape index (κ2) is 8.37. The molecule has 27 heavy (non-hydrogen) atoms. The maximum absolute atomic E-state index is 12.0. The Hall–Kier alpha value is -2.64. The average Bonchev–Trinajstić information content (AvgIpc) is 2.67. The highest BCUT2D eigenvalue weighted by molar-refractivity contribution is 6.31. The Morgan fingerprint density at radius 3 is 2.89 bits per heavy atom. The number of non-ortho nitro benzene ring substituents is 1. The van der Waals surface area contributed by atoms with E-state index in [2.05, 4.69) is 21.6 Å². The van der Waals surface area contributed by atoms with Crippen molar-refractivity contribution < 1.29 is 9.72 Å². The molecule has 142 valence electrons. The monoisotopic (exact) mass is 388 g/mol. The molecule has 1 aliphatic rings. The standard InChI is InChI=1S/C19H21ClN4O3/c1-21-19(25)16-11-14(24(26)27)5-6-18(16)22-8-10-23-9-7-15-13(12-23)3-2-4-17(15)20/h2-6,11,22H,7-10,12H2,1H3,(H,21,25). The van der Waals surface area contributed by atoms with Crippen LogP contribution in [0.5, 0.6) is 0 Å². The van der Waals surface area contributed by atoms with Gasteiger partial charge in [0, 0.05) is 56.1 Å². The first-order chi connectivity index (χ1) is 13.0. The molecular weight excluding hydrogens is 368 g/mol. The fourth-order valence-corrected chi connectivity index (χ4v) is 3.57. The molecule has 0 saturated carbocycles. The molecule has 2 aromatic rings. The molecule has 0 saturated heterocycles. The van der Waals surface area contributed by atoms with Crippen molar-refractivity contribution in [3.8, 4) is 0 Å². The van der Waals surface area contributed by atoms with E-state index in [4.69, 9.17) is 11.6 Å². The van der Waals surface area contributed by atoms with E-state index in [0.29, 0.717) is 12.2 Å². The van der Waals surface area contributed by atoms with Crippen LogP contribution in [0.25, 0.3) is 0 Å². The summed E-state index contributed by atoms with van der Waals surface area (Å²) in [6, 6.07) is 10.3. The number of nitrogens with one attached hydrogen (secondary N) is 2. The van der Waals surface area contributed by atoms with Crippen molar-refractivity contribution in [2.75, 3.05) is 32.0 Å². The Bertz CT molecular complexity index is 872. The Morgan fingerprint density at radius 1 is 1.33 bits per heavy atom. The third-order valence-corrected chi connectivity index (χ3v) is 5.07. The number of nitro benzene ring substituents is 1. The minimum Gasteiger partial charge on any atom is -0.383 e. The lowest BCUT2D eigenvalue weighted by atomic mass is 10.00. The lowest BCUT2D eigenvalue weighted by Gasteiger charge is -2.29. The number of hydrogen-bond donors (Lipinski definition) is 2. The third-order valence-electron chi connectivity index (χ3n) is 4.72. The average molecular weight is 389 g/mol. The molecule has 2 N–H and O–H groups in total. The number of carbonyl (C=O) groups excluding carboxylic acids is 1. The molecule has 0 bridgehead atoms. The molecular formula is C19H21ClN4O3. The summed E-state index contributed by atoms with van der Waals surface area (Å²) in [5.74, 6) is -0.359. The molecule has 0 aliphatic carbocycles. The maximum Gasteiger partial charge on any atom is 0.270 e. The van der Waals surface area contributed by atoms with E-state index in [-0.39, 0.29) is 17.2 Å². The highest BCUT2D eigenvalue weighted by atomic mass is 35.5. The van der Waals surface area contributed by atoms with Gasteiger partial charge in [-0.2, -0.15) is 0 Å². The van der Waals surface area contributed by atoms with Crippen molar-refractivity contribution >= 4 is 28.9 Å². The fourth-order valence-electron chi connectivity index (χ4n) is 3.28. The van der Waals surface area contributed by atoms with Gasteiger partial charge in [0.1, 0.15) is 0 Å². The van der Waals surface area contributed by atoms with E-state index in [1.165, 1.54) is 30.3 Å². The van der Waals surface area contributed by atoms with E-state index in [1.54, 1.807) is 6.07 Å². The number of benzene rings is 2. The van der Waals surface area contributed by atoms with Gasteiger partial charge in [-0.05, 0) is 29.7 Å². The van der Waals surface area contributed by atoms with Crippen LogP contribution in [0.3, 0.4) is 0 Å². The topological polar surface area (TPSA) is 87.5 Å². The lowest BCUT2D eigenvalue weighted by Crippen LogP contribution is -2.34. The smallest absolute Gasteiger partial charge is 0.270 e. The van der Waals surface area contributed by atoms with E-state index in [0.717, 1.165) is 31.1 Å². The van der Waals surface area contributed by atoms with Crippen molar-refractivity contribution in [2.24, 2.45) is 0 Å². The van der Waals surface area contributed by atoms with Crippen molar-refractivity contribution in [3.05, 3.63) is 68.2 Å². The predicted molar refractivity (Wildman–Crippen MR) is 105 cm³/mol. The first-order valence-corrected chi connectivity index (χ1v) is 9.10. The summed E-state index contributed by atoms with van der Waals surface area (Å²) < 4.78 is 0. The highest BCUT2D eigenvalue weighted by Crippen LogP contribution is 2.26. The summed E-state index contributed by atoms with van der Waals surface area (Å²) in [7, 11) is 1.50. The quantitative estimate of drug-likeness (QED) is 0.586. The summed E-state index contributed by atoms with van der Waals surface area (Å²) >= 11 is 6.25. The second-order valence-electron chi connectivity index (χ2n) is 6.40. The molecule has 2 aromatic carbocycles. The van der Waals surface area contributed by atoms with Gasteiger partial charge < -0.3 is 10.6 Å². The fraction of sp³-hybridized carbons (Fsp3) is 0.316. The van der Waals surface area contributed by atoms with Crippen LogP contribution in [0.1, 0.15) is 21.5 Å². The number of nitro groups is 1. The van der Waals surface area contributed by atoms with Crippen molar-refractivity contribution in [2.45, 2.75) is 13.0 Å². The van der Waals surface area contributed by atoms with Crippen LogP contribution >= 0.6 is 11.6 Å². The largest absolute Gasteiger partial charge is 0.383 e. The van der Waals surface area contributed by atoms with Crippen LogP contribution in [0.4, 0.5) is 11.4 Å². The van der Waals surface area contributed by atoms with E-state index in [9.17, 15) is 14.9 Å². The minimum absolute atomic E-state index is 0.108. The first kappa shape index (κ1) is 19.1. The maximum atomic E-state index is 12.0. The van der Waals surface area contributed by atoms with Gasteiger partial charge in [-0.1, -0.05) is 23.7 Å². The van der Waals surface area contributed by atoms with Gasteiger partial charge in [0.15, 0.2) is 0 Å². The number of carbonyl (C=O) groups is 1. The van der Waals surface area contributed by atoms with Crippen LogP contribution in [0.15, 0.2) is 36.4 Å². The Balaban J connectivity index is 1.64. The molecule has 0 radical (unpaired) electrons. The molecule has 1 aliphatic heterocycles. The van der Waals surface area contributed by atoms with Crippen molar-refractivity contribution in [1.82, 2.24) is 10.2 Å². The highest BCUT2D eigenvalue weighted by Gasteiger charge is 2.19. The molecule has 0 atom stereocenters. The number of halogens is 1. The van der Waals surface area contributed by atoms with Crippen molar-refractivity contribution in [3.63, 3.8) is 0 Å². The normalized spacial score (nSPS) is 13.7. The van der Waals surface area contributed by atoms with Gasteiger partial charge in [0.2, 0.25) is 0 Å². The molecule has 0 unspecified atom stereocenters. The Kier molecular flexibility index (Phi) is 5.93. The van der Waals surface area contributed by atoms with Crippen molar-refractivity contribution in [1.29, 1.82) is 0 Å². The molecule has 0 fully saturated rings. The van der Waals surface area contributed by atoms with E-state index < -0.39 is 4.92 Å². The molecule has 8 heteroatoms. The van der Waals surface area contributed by atoms with Gasteiger partial charge >= 0.3 is 0 Å². The minimum atomic E-state index is -0.507. The van der Waals surface area contributed by atoms with Gasteiger partial charge in [0.25, 0.3) is 11.6 Å². The molecule has 3 rings (SSSR count). The summed E-state index contributed by atoms with van der Waals surface area (Å²) in [6.45, 7) is 3.16. The van der Waals surface area contributed by atoms with Gasteiger partial charge in [-0.3, -0.25) is 19.8 Å². The van der Waals surface area contributed by atoms with Gasteiger partial charge in [-0.15, -0.1) is 0 Å². The first-order valence-electron chi connectivity index (χ1n) is 8.72. The van der Waals surface area contributed by atoms with E-state index >= 15 is 0 Å². The number of anilines is 1. The molecule has 0 spiro atoms. The zero-order chi connectivity index (χ0) is 19.4. The number of fused-ring (bicyclic) bond motifs is 1. The van der Waals surface area contributed by atoms with Crippen LogP contribution < -0.4 is 10.6 Å². The van der Waals surface area contributed by atoms with Crippen LogP contribution in [0, 0.1) is 10.1 Å². The third kappa shape index (κ3) is 4.37. The summed E-state index contributed by atoms with van der Waals surface area (Å²) in [6.07, 6.45) is 0.913. The zero-order valence-electron chi connectivity index (χ0n) is 15.0. The molecule has 1 heterocycles. The van der Waals surface area contributed by atoms with Gasteiger partial charge in [-0.25, -0.2) is 0 Å². The van der Waals surface area contributed by atoms with Crippen LogP contribution in [0.2, 0.25) is 5.02 Å². The Morgan fingerprint density at radius 2 is 2.15 bits per heavy atom. The van der Waals surface area contributed by atoms with Crippen LogP contribution in [-0.2, 0) is 13.0 Å². The van der Waals surface area contributed by atoms with Gasteiger partial charge in [0.05, 0.1) is 10.5 Å². The summed E-state index contributed by atoms with van der Waals surface area (Å²) in [5.41, 5.74) is 3.21. The SMILES string of the molecule is CNC(=O)c1cc([N+](=O)[O-])ccc1NCCN1CCc2c(Cl)cccc2C1. The second-order valence-corrected chi connectivity index (χ2v) is 6.80. The zero-order valence-corrected chi connectivity index (χ0v) is 15.8. The van der Waals surface area contributed by atoms with E-state index in [1.807, 2.05) is 12.1 Å². The molecule has 0 aromatic heterocycles. The number of nitrogens with zero attached hydrogens (tertiary/aromatic N) is 2. The lowest BCUT2D eigenvalue weighted by molar-refractivity contribution is -0.384. The Labute approximate surface area is 162 Å². The predicted octanol–water partition coefficient (Wildman–Crippen LogP) is 3.08. The molecule has 1 amide bonds.